The van der Waals surface area contributed by atoms with Gasteiger partial charge >= 0.3 is 0 Å². The van der Waals surface area contributed by atoms with Crippen LogP contribution in [0.2, 0.25) is 5.02 Å². The quantitative estimate of drug-likeness (QED) is 0.477. The van der Waals surface area contributed by atoms with Crippen LogP contribution < -0.4 is 10.7 Å². The Hall–Kier alpha value is -2.93. The smallest absolute Gasteiger partial charge is 0.270 e. The number of anilines is 1. The van der Waals surface area contributed by atoms with Crippen LogP contribution in [0.1, 0.15) is 11.1 Å². The van der Waals surface area contributed by atoms with E-state index in [-0.39, 0.29) is 18.1 Å². The highest BCUT2D eigenvalue weighted by Gasteiger charge is 2.05. The summed E-state index contributed by atoms with van der Waals surface area (Å²) in [4.78, 5) is 21.9. The Morgan fingerprint density at radius 1 is 1.33 bits per heavy atom. The van der Waals surface area contributed by atoms with Gasteiger partial charge in [-0.1, -0.05) is 23.7 Å². The van der Waals surface area contributed by atoms with Crippen molar-refractivity contribution >= 4 is 35.1 Å². The number of carbonyl (C=O) groups excluding carboxylic acids is 1. The van der Waals surface area contributed by atoms with E-state index in [2.05, 4.69) is 15.8 Å². The van der Waals surface area contributed by atoms with Crippen molar-refractivity contribution in [3.05, 3.63) is 68.7 Å². The van der Waals surface area contributed by atoms with Crippen LogP contribution in [0.25, 0.3) is 0 Å². The monoisotopic (exact) mass is 346 g/mol. The molecule has 2 aromatic carbocycles. The number of benzene rings is 2. The Kier molecular flexibility index (Phi) is 5.86. The largest absolute Gasteiger partial charge is 0.376 e. The minimum Gasteiger partial charge on any atom is -0.376 e. The molecule has 1 amide bonds. The van der Waals surface area contributed by atoms with Gasteiger partial charge in [-0.05, 0) is 30.7 Å². The molecule has 124 valence electrons. The molecule has 24 heavy (non-hydrogen) atoms. The van der Waals surface area contributed by atoms with Gasteiger partial charge in [0.2, 0.25) is 0 Å². The molecule has 0 saturated carbocycles. The molecule has 0 bridgehead atoms. The van der Waals surface area contributed by atoms with E-state index in [9.17, 15) is 14.9 Å². The zero-order valence-corrected chi connectivity index (χ0v) is 13.6. The number of hydrogen-bond acceptors (Lipinski definition) is 5. The lowest BCUT2D eigenvalue weighted by Gasteiger charge is -2.08. The first-order valence-corrected chi connectivity index (χ1v) is 7.40. The van der Waals surface area contributed by atoms with Gasteiger partial charge in [0.25, 0.3) is 11.6 Å². The molecule has 0 fully saturated rings. The molecule has 0 unspecified atom stereocenters. The third-order valence-corrected chi connectivity index (χ3v) is 3.35. The van der Waals surface area contributed by atoms with Gasteiger partial charge in [0, 0.05) is 28.4 Å². The van der Waals surface area contributed by atoms with Crippen LogP contribution in [0.15, 0.2) is 47.6 Å². The van der Waals surface area contributed by atoms with Gasteiger partial charge in [-0.3, -0.25) is 14.9 Å². The second-order valence-electron chi connectivity index (χ2n) is 4.96. The fourth-order valence-electron chi connectivity index (χ4n) is 1.94. The molecule has 2 N–H and O–H groups in total. The van der Waals surface area contributed by atoms with Gasteiger partial charge in [0.15, 0.2) is 0 Å². The standard InChI is InChI=1S/C16H15ClN4O3/c1-11-7-13(17)5-6-15(11)18-10-16(22)20-19-9-12-3-2-4-14(8-12)21(23)24/h2-9,18H,10H2,1H3,(H,20,22). The van der Waals surface area contributed by atoms with Crippen LogP contribution in [-0.2, 0) is 4.79 Å². The summed E-state index contributed by atoms with van der Waals surface area (Å²) in [5.74, 6) is -0.342. The minimum absolute atomic E-state index is 0.0365. The number of hydrogen-bond donors (Lipinski definition) is 2. The number of nitro benzene ring substituents is 1. The lowest BCUT2D eigenvalue weighted by molar-refractivity contribution is -0.384. The van der Waals surface area contributed by atoms with Crippen LogP contribution in [0.5, 0.6) is 0 Å². The van der Waals surface area contributed by atoms with E-state index in [1.54, 1.807) is 30.3 Å². The summed E-state index contributed by atoms with van der Waals surface area (Å²) in [6.07, 6.45) is 1.35. The number of nitrogens with zero attached hydrogens (tertiary/aromatic N) is 2. The molecular weight excluding hydrogens is 332 g/mol. The molecule has 2 aromatic rings. The number of nitrogens with one attached hydrogen (secondary N) is 2. The number of halogens is 1. The van der Waals surface area contributed by atoms with E-state index in [0.717, 1.165) is 11.3 Å². The Labute approximate surface area is 143 Å². The van der Waals surface area contributed by atoms with Gasteiger partial charge in [0.05, 0.1) is 17.7 Å². The summed E-state index contributed by atoms with van der Waals surface area (Å²) in [5, 5.41) is 18.1. The predicted molar refractivity (Wildman–Crippen MR) is 93.5 cm³/mol. The van der Waals surface area contributed by atoms with Crippen LogP contribution >= 0.6 is 11.6 Å². The first-order valence-electron chi connectivity index (χ1n) is 7.02. The summed E-state index contributed by atoms with van der Waals surface area (Å²) >= 11 is 5.87. The Morgan fingerprint density at radius 3 is 2.83 bits per heavy atom. The summed E-state index contributed by atoms with van der Waals surface area (Å²) in [6.45, 7) is 1.92. The minimum atomic E-state index is -0.492. The Morgan fingerprint density at radius 2 is 2.12 bits per heavy atom. The van der Waals surface area contributed by atoms with Gasteiger partial charge in [-0.25, -0.2) is 5.43 Å². The van der Waals surface area contributed by atoms with Crippen molar-refractivity contribution in [2.24, 2.45) is 5.10 Å². The van der Waals surface area contributed by atoms with Gasteiger partial charge in [-0.2, -0.15) is 5.10 Å². The van der Waals surface area contributed by atoms with E-state index in [1.165, 1.54) is 18.3 Å². The molecule has 0 atom stereocenters. The second kappa shape index (κ2) is 8.07. The molecule has 0 aliphatic rings. The molecule has 0 spiro atoms. The van der Waals surface area contributed by atoms with E-state index < -0.39 is 4.92 Å². The maximum absolute atomic E-state index is 11.7. The third-order valence-electron chi connectivity index (χ3n) is 3.11. The van der Waals surface area contributed by atoms with E-state index in [1.807, 2.05) is 6.92 Å². The lowest BCUT2D eigenvalue weighted by atomic mass is 10.2. The van der Waals surface area contributed by atoms with Crippen molar-refractivity contribution in [2.75, 3.05) is 11.9 Å². The number of hydrazone groups is 1. The van der Waals surface area contributed by atoms with Crippen molar-refractivity contribution in [1.29, 1.82) is 0 Å². The lowest BCUT2D eigenvalue weighted by Crippen LogP contribution is -2.26. The van der Waals surface area contributed by atoms with Crippen LogP contribution in [-0.4, -0.2) is 23.6 Å². The molecule has 0 heterocycles. The molecule has 7 nitrogen and oxygen atoms in total. The fraction of sp³-hybridized carbons (Fsp3) is 0.125. The summed E-state index contributed by atoms with van der Waals surface area (Å²) in [7, 11) is 0. The van der Waals surface area contributed by atoms with Gasteiger partial charge in [0.1, 0.15) is 0 Å². The third kappa shape index (κ3) is 5.06. The van der Waals surface area contributed by atoms with E-state index in [0.29, 0.717) is 10.6 Å². The van der Waals surface area contributed by atoms with Crippen LogP contribution in [0.3, 0.4) is 0 Å². The summed E-state index contributed by atoms with van der Waals surface area (Å²) in [5.41, 5.74) is 4.56. The first-order chi connectivity index (χ1) is 11.5. The molecule has 2 rings (SSSR count). The zero-order chi connectivity index (χ0) is 17.5. The van der Waals surface area contributed by atoms with Crippen molar-refractivity contribution in [1.82, 2.24) is 5.43 Å². The highest BCUT2D eigenvalue weighted by Crippen LogP contribution is 2.19. The molecule has 0 aromatic heterocycles. The molecular formula is C16H15ClN4O3. The maximum atomic E-state index is 11.7. The zero-order valence-electron chi connectivity index (χ0n) is 12.8. The van der Waals surface area contributed by atoms with Gasteiger partial charge < -0.3 is 5.32 Å². The number of nitro groups is 1. The van der Waals surface area contributed by atoms with Crippen molar-refractivity contribution in [3.8, 4) is 0 Å². The van der Waals surface area contributed by atoms with Gasteiger partial charge in [-0.15, -0.1) is 0 Å². The number of rotatable bonds is 6. The van der Waals surface area contributed by atoms with Crippen molar-refractivity contribution in [3.63, 3.8) is 0 Å². The van der Waals surface area contributed by atoms with Crippen LogP contribution in [0, 0.1) is 17.0 Å². The Balaban J connectivity index is 1.86. The average molecular weight is 347 g/mol. The topological polar surface area (TPSA) is 96.6 Å². The molecule has 8 heteroatoms. The number of aryl methyl sites for hydroxylation is 1. The Bertz CT molecular complexity index is 793. The number of amides is 1. The molecule has 0 saturated heterocycles. The highest BCUT2D eigenvalue weighted by molar-refractivity contribution is 6.30. The second-order valence-corrected chi connectivity index (χ2v) is 5.39. The van der Waals surface area contributed by atoms with Crippen molar-refractivity contribution < 1.29 is 9.72 Å². The van der Waals surface area contributed by atoms with E-state index >= 15 is 0 Å². The number of carbonyl (C=O) groups is 1. The molecule has 0 radical (unpaired) electrons. The molecule has 0 aliphatic carbocycles. The summed E-state index contributed by atoms with van der Waals surface area (Å²) in [6, 6.07) is 11.3. The van der Waals surface area contributed by atoms with E-state index in [4.69, 9.17) is 11.6 Å². The fourth-order valence-corrected chi connectivity index (χ4v) is 2.16. The SMILES string of the molecule is Cc1cc(Cl)ccc1NCC(=O)NN=Cc1cccc([N+](=O)[O-])c1. The average Bonchev–Trinajstić information content (AvgIpc) is 2.54. The summed E-state index contributed by atoms with van der Waals surface area (Å²) < 4.78 is 0. The number of non-ortho nitro benzene ring substituents is 1. The maximum Gasteiger partial charge on any atom is 0.270 e. The van der Waals surface area contributed by atoms with Crippen molar-refractivity contribution in [2.45, 2.75) is 6.92 Å². The normalized spacial score (nSPS) is 10.6. The van der Waals surface area contributed by atoms with Crippen LogP contribution in [0.4, 0.5) is 11.4 Å². The highest BCUT2D eigenvalue weighted by atomic mass is 35.5. The molecule has 0 aliphatic heterocycles. The predicted octanol–water partition coefficient (Wildman–Crippen LogP) is 3.12. The first kappa shape index (κ1) is 17.4.